The Labute approximate surface area is 148 Å². The standard InChI is InChI=1S/C20H13ClO4/c21-14-8-9-16-15(11-14)18(22)20(19(25-16)17-7-4-10-23-17)24-12-13-5-2-1-3-6-13/h1-11H,12H2. The van der Waals surface area contributed by atoms with E-state index in [1.54, 1.807) is 30.3 Å². The van der Waals surface area contributed by atoms with Gasteiger partial charge in [-0.2, -0.15) is 0 Å². The molecular weight excluding hydrogens is 340 g/mol. The SMILES string of the molecule is O=c1c(OCc2ccccc2)c(-c2ccco2)oc2ccc(Cl)cc12. The van der Waals surface area contributed by atoms with Crippen LogP contribution in [0.25, 0.3) is 22.5 Å². The first-order chi connectivity index (χ1) is 12.2. The number of fused-ring (bicyclic) bond motifs is 1. The minimum Gasteiger partial charge on any atom is -0.481 e. The van der Waals surface area contributed by atoms with Gasteiger partial charge in [0, 0.05) is 5.02 Å². The van der Waals surface area contributed by atoms with E-state index in [9.17, 15) is 4.79 Å². The van der Waals surface area contributed by atoms with E-state index < -0.39 is 0 Å². The molecule has 0 fully saturated rings. The van der Waals surface area contributed by atoms with Gasteiger partial charge in [-0.25, -0.2) is 0 Å². The molecular formula is C20H13ClO4. The summed E-state index contributed by atoms with van der Waals surface area (Å²) in [6.07, 6.45) is 1.52. The lowest BCUT2D eigenvalue weighted by Crippen LogP contribution is -2.10. The smallest absolute Gasteiger partial charge is 0.235 e. The fraction of sp³-hybridized carbons (Fsp3) is 0.0500. The van der Waals surface area contributed by atoms with Gasteiger partial charge in [0.1, 0.15) is 12.2 Å². The Morgan fingerprint density at radius 2 is 1.84 bits per heavy atom. The van der Waals surface area contributed by atoms with E-state index in [0.717, 1.165) is 5.56 Å². The number of furan rings is 1. The lowest BCUT2D eigenvalue weighted by atomic mass is 10.2. The van der Waals surface area contributed by atoms with E-state index in [2.05, 4.69) is 0 Å². The summed E-state index contributed by atoms with van der Waals surface area (Å²) in [6, 6.07) is 17.9. The molecule has 0 spiro atoms. The third kappa shape index (κ3) is 3.04. The van der Waals surface area contributed by atoms with Gasteiger partial charge in [0.2, 0.25) is 16.9 Å². The van der Waals surface area contributed by atoms with Crippen molar-refractivity contribution >= 4 is 22.6 Å². The molecule has 0 aliphatic rings. The summed E-state index contributed by atoms with van der Waals surface area (Å²) in [7, 11) is 0. The molecule has 0 amide bonds. The van der Waals surface area contributed by atoms with Crippen molar-refractivity contribution in [2.45, 2.75) is 6.61 Å². The Balaban J connectivity index is 1.86. The van der Waals surface area contributed by atoms with E-state index in [0.29, 0.717) is 21.8 Å². The quantitative estimate of drug-likeness (QED) is 0.501. The van der Waals surface area contributed by atoms with E-state index in [4.69, 9.17) is 25.2 Å². The third-order valence-electron chi connectivity index (χ3n) is 3.78. The maximum Gasteiger partial charge on any atom is 0.235 e. The molecule has 0 bridgehead atoms. The van der Waals surface area contributed by atoms with E-state index >= 15 is 0 Å². The Kier molecular flexibility index (Phi) is 4.04. The lowest BCUT2D eigenvalue weighted by molar-refractivity contribution is 0.296. The summed E-state index contributed by atoms with van der Waals surface area (Å²) in [5.41, 5.74) is 1.08. The van der Waals surface area contributed by atoms with Gasteiger partial charge in [-0.05, 0) is 35.9 Å². The average Bonchev–Trinajstić information content (AvgIpc) is 3.17. The van der Waals surface area contributed by atoms with Crippen LogP contribution >= 0.6 is 11.6 Å². The third-order valence-corrected chi connectivity index (χ3v) is 4.02. The maximum atomic E-state index is 12.9. The summed E-state index contributed by atoms with van der Waals surface area (Å²) in [5, 5.41) is 0.824. The van der Waals surface area contributed by atoms with Gasteiger partial charge >= 0.3 is 0 Å². The molecule has 2 aromatic heterocycles. The fourth-order valence-electron chi connectivity index (χ4n) is 2.58. The number of halogens is 1. The Bertz CT molecular complexity index is 1070. The molecule has 0 radical (unpaired) electrons. The zero-order valence-corrected chi connectivity index (χ0v) is 13.8. The van der Waals surface area contributed by atoms with Crippen LogP contribution in [-0.4, -0.2) is 0 Å². The number of hydrogen-bond acceptors (Lipinski definition) is 4. The highest BCUT2D eigenvalue weighted by Crippen LogP contribution is 2.32. The van der Waals surface area contributed by atoms with Crippen LogP contribution in [-0.2, 0) is 6.61 Å². The summed E-state index contributed by atoms with van der Waals surface area (Å²) < 4.78 is 17.1. The van der Waals surface area contributed by atoms with Crippen LogP contribution in [0.1, 0.15) is 5.56 Å². The highest BCUT2D eigenvalue weighted by atomic mass is 35.5. The summed E-state index contributed by atoms with van der Waals surface area (Å²) in [5.74, 6) is 0.798. The number of rotatable bonds is 4. The minimum atomic E-state index is -0.286. The van der Waals surface area contributed by atoms with Gasteiger partial charge in [-0.1, -0.05) is 41.9 Å². The zero-order valence-electron chi connectivity index (χ0n) is 13.1. The van der Waals surface area contributed by atoms with Crippen LogP contribution in [0, 0.1) is 0 Å². The van der Waals surface area contributed by atoms with Crippen LogP contribution in [0.2, 0.25) is 5.02 Å². The van der Waals surface area contributed by atoms with Crippen molar-refractivity contribution in [1.82, 2.24) is 0 Å². The minimum absolute atomic E-state index is 0.105. The van der Waals surface area contributed by atoms with Crippen LogP contribution < -0.4 is 10.2 Å². The molecule has 25 heavy (non-hydrogen) atoms. The van der Waals surface area contributed by atoms with Gasteiger partial charge in [0.25, 0.3) is 0 Å². The van der Waals surface area contributed by atoms with Crippen LogP contribution in [0.3, 0.4) is 0 Å². The predicted molar refractivity (Wildman–Crippen MR) is 96.0 cm³/mol. The van der Waals surface area contributed by atoms with Gasteiger partial charge < -0.3 is 13.6 Å². The number of hydrogen-bond donors (Lipinski definition) is 0. The molecule has 0 unspecified atom stereocenters. The van der Waals surface area contributed by atoms with Crippen LogP contribution in [0.15, 0.2) is 80.6 Å². The predicted octanol–water partition coefficient (Wildman–Crippen LogP) is 5.29. The molecule has 4 nitrogen and oxygen atoms in total. The molecule has 0 aliphatic carbocycles. The molecule has 0 atom stereocenters. The highest BCUT2D eigenvalue weighted by Gasteiger charge is 2.20. The van der Waals surface area contributed by atoms with Crippen molar-refractivity contribution in [3.05, 3.63) is 87.7 Å². The largest absolute Gasteiger partial charge is 0.481 e. The molecule has 0 saturated carbocycles. The summed E-state index contributed by atoms with van der Waals surface area (Å²) in [6.45, 7) is 0.241. The fourth-order valence-corrected chi connectivity index (χ4v) is 2.75. The summed E-state index contributed by atoms with van der Waals surface area (Å²) in [4.78, 5) is 12.9. The van der Waals surface area contributed by atoms with Crippen molar-refractivity contribution in [2.24, 2.45) is 0 Å². The monoisotopic (exact) mass is 352 g/mol. The molecule has 0 saturated heterocycles. The van der Waals surface area contributed by atoms with Crippen LogP contribution in [0.5, 0.6) is 5.75 Å². The molecule has 5 heteroatoms. The average molecular weight is 353 g/mol. The van der Waals surface area contributed by atoms with Gasteiger partial charge in [0.05, 0.1) is 11.6 Å². The molecule has 4 aromatic rings. The molecule has 124 valence electrons. The maximum absolute atomic E-state index is 12.9. The van der Waals surface area contributed by atoms with Crippen molar-refractivity contribution in [3.8, 4) is 17.3 Å². The molecule has 2 heterocycles. The second-order valence-electron chi connectivity index (χ2n) is 5.48. The van der Waals surface area contributed by atoms with Crippen molar-refractivity contribution < 1.29 is 13.6 Å². The number of ether oxygens (including phenoxy) is 1. The zero-order chi connectivity index (χ0) is 17.2. The molecule has 0 N–H and O–H groups in total. The lowest BCUT2D eigenvalue weighted by Gasteiger charge is -2.10. The molecule has 2 aromatic carbocycles. The first-order valence-electron chi connectivity index (χ1n) is 7.69. The van der Waals surface area contributed by atoms with E-state index in [1.807, 2.05) is 30.3 Å². The van der Waals surface area contributed by atoms with Crippen molar-refractivity contribution in [2.75, 3.05) is 0 Å². The van der Waals surface area contributed by atoms with Crippen molar-refractivity contribution in [1.29, 1.82) is 0 Å². The topological polar surface area (TPSA) is 52.6 Å². The van der Waals surface area contributed by atoms with Gasteiger partial charge in [0.15, 0.2) is 5.76 Å². The number of benzene rings is 2. The second kappa shape index (κ2) is 6.49. The van der Waals surface area contributed by atoms with Crippen LogP contribution in [0.4, 0.5) is 0 Å². The van der Waals surface area contributed by atoms with Gasteiger partial charge in [-0.3, -0.25) is 4.79 Å². The Morgan fingerprint density at radius 3 is 2.60 bits per heavy atom. The molecule has 4 rings (SSSR count). The Hall–Kier alpha value is -2.98. The highest BCUT2D eigenvalue weighted by molar-refractivity contribution is 6.31. The summed E-state index contributed by atoms with van der Waals surface area (Å²) >= 11 is 6.02. The van der Waals surface area contributed by atoms with E-state index in [1.165, 1.54) is 6.26 Å². The Morgan fingerprint density at radius 1 is 1.00 bits per heavy atom. The first kappa shape index (κ1) is 15.5. The van der Waals surface area contributed by atoms with E-state index in [-0.39, 0.29) is 23.5 Å². The first-order valence-corrected chi connectivity index (χ1v) is 8.07. The van der Waals surface area contributed by atoms with Gasteiger partial charge in [-0.15, -0.1) is 0 Å². The normalized spacial score (nSPS) is 10.9. The molecule has 0 aliphatic heterocycles. The second-order valence-corrected chi connectivity index (χ2v) is 5.92. The van der Waals surface area contributed by atoms with Crippen molar-refractivity contribution in [3.63, 3.8) is 0 Å².